The van der Waals surface area contributed by atoms with Crippen molar-refractivity contribution in [3.63, 3.8) is 0 Å². The Morgan fingerprint density at radius 3 is 1.50 bits per heavy atom. The van der Waals surface area contributed by atoms with E-state index >= 15 is 0 Å². The fourth-order valence-corrected chi connectivity index (χ4v) is 5.81. The Hall–Kier alpha value is -6.12. The summed E-state index contributed by atoms with van der Waals surface area (Å²) in [5, 5.41) is -4.22. The largest absolute Gasteiger partial charge is 0.456 e. The normalized spacial score (nSPS) is 19.8. The summed E-state index contributed by atoms with van der Waals surface area (Å²) in [6.45, 7) is 0. The van der Waals surface area contributed by atoms with Crippen LogP contribution in [0.25, 0.3) is 98.8 Å². The third-order valence-corrected chi connectivity index (χ3v) is 7.65. The Labute approximate surface area is 301 Å². The molecule has 0 bridgehead atoms. The summed E-state index contributed by atoms with van der Waals surface area (Å²) in [7, 11) is 0. The topological polar surface area (TPSA) is 26.3 Å². The van der Waals surface area contributed by atoms with Crippen molar-refractivity contribution in [3.05, 3.63) is 157 Å². The molecule has 0 aliphatic carbocycles. The van der Waals surface area contributed by atoms with Gasteiger partial charge in [-0.1, -0.05) is 127 Å². The van der Waals surface area contributed by atoms with Crippen LogP contribution in [-0.4, -0.2) is 0 Å². The smallest absolute Gasteiger partial charge is 0.136 e. The van der Waals surface area contributed by atoms with Gasteiger partial charge in [0.25, 0.3) is 0 Å². The molecule has 8 aromatic carbocycles. The second kappa shape index (κ2) is 9.69. The molecule has 0 saturated carbocycles. The molecule has 0 aliphatic rings. The van der Waals surface area contributed by atoms with Gasteiger partial charge in [-0.25, -0.2) is 0 Å². The van der Waals surface area contributed by atoms with E-state index in [0.29, 0.717) is 0 Å². The maximum Gasteiger partial charge on any atom is 0.136 e. The van der Waals surface area contributed by atoms with Gasteiger partial charge < -0.3 is 8.83 Å². The molecule has 0 spiro atoms. The van der Waals surface area contributed by atoms with Crippen LogP contribution in [0.4, 0.5) is 0 Å². The van der Waals surface area contributed by atoms with Gasteiger partial charge in [0.15, 0.2) is 0 Å². The predicted molar refractivity (Wildman–Crippen MR) is 192 cm³/mol. The first kappa shape index (κ1) is 10.8. The highest BCUT2D eigenvalue weighted by molar-refractivity contribution is 6.27. The van der Waals surface area contributed by atoms with Crippen molar-refractivity contribution in [1.29, 1.82) is 0 Å². The molecule has 2 heteroatoms. The Balaban J connectivity index is 1.51. The van der Waals surface area contributed by atoms with Gasteiger partial charge in [-0.3, -0.25) is 0 Å². The molecule has 10 rings (SSSR count). The first-order valence-corrected chi connectivity index (χ1v) is 13.6. The average Bonchev–Trinajstić information content (AvgIpc) is 3.96. The number of hydrogen-bond donors (Lipinski definition) is 0. The Morgan fingerprint density at radius 2 is 0.826 bits per heavy atom. The summed E-state index contributed by atoms with van der Waals surface area (Å²) in [6.07, 6.45) is 0. The molecular weight excluding hydrogens is 560 g/mol. The fourth-order valence-electron chi connectivity index (χ4n) is 5.81. The molecule has 46 heavy (non-hydrogen) atoms. The quantitative estimate of drug-likeness (QED) is 0.186. The molecular formula is C44H26O2. The first-order valence-electron chi connectivity index (χ1n) is 26.6. The van der Waals surface area contributed by atoms with E-state index in [4.69, 9.17) is 33.5 Å². The monoisotopic (exact) mass is 612 g/mol. The Bertz CT molecular complexity index is 4180. The van der Waals surface area contributed by atoms with Crippen LogP contribution in [-0.2, 0) is 0 Å². The van der Waals surface area contributed by atoms with E-state index in [2.05, 4.69) is 0 Å². The lowest BCUT2D eigenvalue weighted by atomic mass is 9.84. The van der Waals surface area contributed by atoms with Crippen LogP contribution in [0.1, 0.15) is 35.6 Å². The SMILES string of the molecule is [2H]c1c([2H])c([2H])c(-c2c([2H])c([2H])c([2H])c([2H])c2-c2c3c([2H])c([2H])c([2H])c([2H])c3c(-c3c([2H])c([2H])c4c(oc5c([2H])c([2H])c6oc7c([2H])c([2H])c([2H])c([2H])c7c6c54)c3[2H])c3c([2H])c([2H])c([2H])c([2H])c23)c([2H])c1[2H]. The van der Waals surface area contributed by atoms with Crippen LogP contribution in [0.2, 0.25) is 0 Å². The van der Waals surface area contributed by atoms with Crippen LogP contribution in [0.15, 0.2) is 166 Å². The first-order chi connectivity index (χ1) is 33.6. The summed E-state index contributed by atoms with van der Waals surface area (Å²) in [4.78, 5) is 0. The lowest BCUT2D eigenvalue weighted by molar-refractivity contribution is 0.663. The molecule has 0 radical (unpaired) electrons. The van der Waals surface area contributed by atoms with Gasteiger partial charge in [-0.15, -0.1) is 0 Å². The number of hydrogen-bond acceptors (Lipinski definition) is 2. The van der Waals surface area contributed by atoms with E-state index in [9.17, 15) is 11.0 Å². The van der Waals surface area contributed by atoms with E-state index in [1.807, 2.05) is 0 Å². The lowest BCUT2D eigenvalue weighted by Crippen LogP contribution is -1.92. The third kappa shape index (κ3) is 3.59. The molecule has 2 heterocycles. The zero-order chi connectivity index (χ0) is 52.8. The maximum absolute atomic E-state index is 9.79. The van der Waals surface area contributed by atoms with Gasteiger partial charge in [0.1, 0.15) is 22.3 Å². The summed E-state index contributed by atoms with van der Waals surface area (Å²) in [5.74, 6) is 0. The molecule has 0 fully saturated rings. The van der Waals surface area contributed by atoms with Crippen LogP contribution < -0.4 is 0 Å². The zero-order valence-corrected chi connectivity index (χ0v) is 22.8. The minimum Gasteiger partial charge on any atom is -0.456 e. The average molecular weight is 613 g/mol. The van der Waals surface area contributed by atoms with Crippen molar-refractivity contribution >= 4 is 65.4 Å². The predicted octanol–water partition coefficient (Wildman–Crippen LogP) is 12.8. The second-order valence-corrected chi connectivity index (χ2v) is 10.0. The minimum atomic E-state index is -1.05. The highest BCUT2D eigenvalue weighted by Crippen LogP contribution is 2.47. The van der Waals surface area contributed by atoms with Gasteiger partial charge >= 0.3 is 0 Å². The molecule has 2 nitrogen and oxygen atoms in total. The summed E-state index contributed by atoms with van der Waals surface area (Å²) in [5.41, 5.74) is -6.70. The molecule has 0 saturated heterocycles. The maximum atomic E-state index is 9.79. The summed E-state index contributed by atoms with van der Waals surface area (Å²) in [6, 6.07) is -23.6. The third-order valence-electron chi connectivity index (χ3n) is 7.65. The van der Waals surface area contributed by atoms with Crippen molar-refractivity contribution in [3.8, 4) is 33.4 Å². The highest BCUT2D eigenvalue weighted by atomic mass is 16.3. The lowest BCUT2D eigenvalue weighted by Gasteiger charge is -2.19. The van der Waals surface area contributed by atoms with Gasteiger partial charge in [0, 0.05) is 21.5 Å². The molecule has 214 valence electrons. The number of rotatable bonds is 3. The number of para-hydroxylation sites is 1. The Morgan fingerprint density at radius 1 is 0.326 bits per heavy atom. The van der Waals surface area contributed by atoms with E-state index in [1.54, 1.807) is 0 Å². The molecule has 0 atom stereocenters. The van der Waals surface area contributed by atoms with Gasteiger partial charge in [-0.05, 0) is 85.1 Å². The van der Waals surface area contributed by atoms with Gasteiger partial charge in [0.05, 0.1) is 35.6 Å². The Kier molecular flexibility index (Phi) is 2.26. The van der Waals surface area contributed by atoms with Crippen molar-refractivity contribution < 1.29 is 44.5 Å². The number of furan rings is 2. The molecule has 0 N–H and O–H groups in total. The molecule has 2 aromatic heterocycles. The van der Waals surface area contributed by atoms with Crippen LogP contribution in [0.3, 0.4) is 0 Å². The van der Waals surface area contributed by atoms with Crippen molar-refractivity contribution in [2.45, 2.75) is 0 Å². The van der Waals surface area contributed by atoms with E-state index in [-0.39, 0.29) is 16.2 Å². The van der Waals surface area contributed by atoms with Crippen LogP contribution >= 0.6 is 0 Å². The zero-order valence-electron chi connectivity index (χ0n) is 48.8. The minimum absolute atomic E-state index is 0.238. The van der Waals surface area contributed by atoms with Crippen molar-refractivity contribution in [1.82, 2.24) is 0 Å². The van der Waals surface area contributed by atoms with E-state index in [0.717, 1.165) is 0 Å². The fraction of sp³-hybridized carbons (Fsp3) is 0. The number of benzene rings is 8. The molecule has 0 aliphatic heterocycles. The highest BCUT2D eigenvalue weighted by Gasteiger charge is 2.21. The molecule has 0 amide bonds. The van der Waals surface area contributed by atoms with Crippen LogP contribution in [0.5, 0.6) is 0 Å². The summed E-state index contributed by atoms with van der Waals surface area (Å²) >= 11 is 0. The molecule has 0 unspecified atom stereocenters. The van der Waals surface area contributed by atoms with Gasteiger partial charge in [0.2, 0.25) is 0 Å². The number of fused-ring (bicyclic) bond motifs is 9. The summed E-state index contributed by atoms with van der Waals surface area (Å²) < 4.78 is 245. The van der Waals surface area contributed by atoms with Gasteiger partial charge in [-0.2, -0.15) is 0 Å². The second-order valence-electron chi connectivity index (χ2n) is 10.0. The van der Waals surface area contributed by atoms with E-state index < -0.39 is 240 Å². The van der Waals surface area contributed by atoms with Crippen molar-refractivity contribution in [2.75, 3.05) is 0 Å². The van der Waals surface area contributed by atoms with Crippen molar-refractivity contribution in [2.24, 2.45) is 0 Å². The van der Waals surface area contributed by atoms with Crippen LogP contribution in [0, 0.1) is 0 Å². The standard InChI is InChI=1S/C44H26O2/c1-2-12-27(13-3-1)29-14-4-5-15-30(29)42-33-18-8-6-16-31(33)41(32-17-7-9-19-34(32)42)28-22-23-36-40(26-28)46-39-25-24-38-43(44(36)39)35-20-10-11-21-37(35)45-38/h1-26H/i1D,2D,3D,4D,5D,6D,7D,8D,9D,10D,11D,12D,13D,14D,15D,16D,17D,18D,19D,20D,21D,22D,23D,24D,25D,26D. The van der Waals surface area contributed by atoms with E-state index in [1.165, 1.54) is 0 Å². The molecule has 10 aromatic rings.